The standard InChI is InChI=1S/C9H11NO4/c1-13-8(11)5-3-2-4-6-7(5)10-9(12)14-6/h3,6-7H,2,4H2,1H3,(H,10,12)/t6-,7+/m1/s1. The van der Waals surface area contributed by atoms with Crippen LogP contribution in [0.3, 0.4) is 0 Å². The van der Waals surface area contributed by atoms with Crippen molar-refractivity contribution in [2.24, 2.45) is 0 Å². The van der Waals surface area contributed by atoms with Crippen LogP contribution in [-0.4, -0.2) is 31.3 Å². The minimum absolute atomic E-state index is 0.221. The Hall–Kier alpha value is -1.52. The number of amides is 1. The van der Waals surface area contributed by atoms with Crippen molar-refractivity contribution in [3.8, 4) is 0 Å². The molecule has 0 spiro atoms. The Morgan fingerprint density at radius 1 is 1.71 bits per heavy atom. The lowest BCUT2D eigenvalue weighted by Gasteiger charge is -2.22. The highest BCUT2D eigenvalue weighted by molar-refractivity contribution is 5.91. The third kappa shape index (κ3) is 1.34. The zero-order valence-corrected chi connectivity index (χ0v) is 7.78. The van der Waals surface area contributed by atoms with Gasteiger partial charge in [0.15, 0.2) is 0 Å². The fourth-order valence-corrected chi connectivity index (χ4v) is 1.82. The van der Waals surface area contributed by atoms with Crippen molar-refractivity contribution in [1.29, 1.82) is 0 Å². The monoisotopic (exact) mass is 197 g/mol. The number of allylic oxidation sites excluding steroid dienone is 1. The Kier molecular flexibility index (Phi) is 2.15. The van der Waals surface area contributed by atoms with Gasteiger partial charge < -0.3 is 14.8 Å². The molecular formula is C9H11NO4. The van der Waals surface area contributed by atoms with Crippen molar-refractivity contribution < 1.29 is 19.1 Å². The first-order valence-corrected chi connectivity index (χ1v) is 4.48. The van der Waals surface area contributed by atoms with Crippen LogP contribution in [0.15, 0.2) is 11.6 Å². The van der Waals surface area contributed by atoms with Crippen LogP contribution in [0.4, 0.5) is 4.79 Å². The number of nitrogens with one attached hydrogen (secondary N) is 1. The van der Waals surface area contributed by atoms with Crippen molar-refractivity contribution in [2.75, 3.05) is 7.11 Å². The first-order valence-electron chi connectivity index (χ1n) is 4.48. The normalized spacial score (nSPS) is 29.8. The Balaban J connectivity index is 2.21. The number of esters is 1. The number of methoxy groups -OCH3 is 1. The molecule has 76 valence electrons. The van der Waals surface area contributed by atoms with Gasteiger partial charge in [0.1, 0.15) is 12.1 Å². The summed E-state index contributed by atoms with van der Waals surface area (Å²) in [6.45, 7) is 0. The lowest BCUT2D eigenvalue weighted by Crippen LogP contribution is -2.38. The van der Waals surface area contributed by atoms with Crippen molar-refractivity contribution in [3.63, 3.8) is 0 Å². The van der Waals surface area contributed by atoms with Crippen LogP contribution < -0.4 is 5.32 Å². The van der Waals surface area contributed by atoms with Gasteiger partial charge in [-0.1, -0.05) is 6.08 Å². The highest BCUT2D eigenvalue weighted by atomic mass is 16.6. The third-order valence-electron chi connectivity index (χ3n) is 2.48. The molecule has 1 amide bonds. The fraction of sp³-hybridized carbons (Fsp3) is 0.556. The summed E-state index contributed by atoms with van der Waals surface area (Å²) in [6.07, 6.45) is 2.60. The summed E-state index contributed by atoms with van der Waals surface area (Å²) >= 11 is 0. The van der Waals surface area contributed by atoms with E-state index in [2.05, 4.69) is 10.1 Å². The molecule has 0 saturated carbocycles. The largest absolute Gasteiger partial charge is 0.466 e. The Bertz CT molecular complexity index is 310. The molecule has 1 heterocycles. The van der Waals surface area contributed by atoms with Crippen LogP contribution in [0, 0.1) is 0 Å². The highest BCUT2D eigenvalue weighted by Crippen LogP contribution is 2.26. The molecule has 1 aliphatic carbocycles. The summed E-state index contributed by atoms with van der Waals surface area (Å²) in [5.41, 5.74) is 0.495. The van der Waals surface area contributed by atoms with E-state index in [0.717, 1.165) is 12.8 Å². The molecule has 0 unspecified atom stereocenters. The van der Waals surface area contributed by atoms with Crippen LogP contribution in [0.25, 0.3) is 0 Å². The molecule has 0 aromatic carbocycles. The predicted octanol–water partition coefficient (Wildman–Crippen LogP) is 0.357. The average Bonchev–Trinajstić information content (AvgIpc) is 2.56. The summed E-state index contributed by atoms with van der Waals surface area (Å²) in [5.74, 6) is -0.398. The molecule has 2 atom stereocenters. The van der Waals surface area contributed by atoms with E-state index in [0.29, 0.717) is 5.57 Å². The van der Waals surface area contributed by atoms with Gasteiger partial charge in [-0.15, -0.1) is 0 Å². The van der Waals surface area contributed by atoms with E-state index in [9.17, 15) is 9.59 Å². The van der Waals surface area contributed by atoms with E-state index in [1.54, 1.807) is 6.08 Å². The molecule has 0 radical (unpaired) electrons. The second-order valence-electron chi connectivity index (χ2n) is 3.29. The minimum atomic E-state index is -0.461. The second kappa shape index (κ2) is 3.32. The van der Waals surface area contributed by atoms with E-state index in [4.69, 9.17) is 4.74 Å². The second-order valence-corrected chi connectivity index (χ2v) is 3.29. The zero-order valence-electron chi connectivity index (χ0n) is 7.78. The van der Waals surface area contributed by atoms with Gasteiger partial charge in [0.05, 0.1) is 12.7 Å². The zero-order chi connectivity index (χ0) is 10.1. The van der Waals surface area contributed by atoms with Gasteiger partial charge in [-0.3, -0.25) is 0 Å². The maximum atomic E-state index is 11.3. The molecule has 1 N–H and O–H groups in total. The van der Waals surface area contributed by atoms with Gasteiger partial charge in [-0.05, 0) is 12.8 Å². The molecule has 0 aromatic heterocycles. The molecule has 5 heteroatoms. The lowest BCUT2D eigenvalue weighted by molar-refractivity contribution is -0.136. The van der Waals surface area contributed by atoms with Crippen molar-refractivity contribution in [3.05, 3.63) is 11.6 Å². The summed E-state index contributed by atoms with van der Waals surface area (Å²) in [5, 5.41) is 2.59. The maximum Gasteiger partial charge on any atom is 0.408 e. The highest BCUT2D eigenvalue weighted by Gasteiger charge is 2.40. The molecule has 1 fully saturated rings. The minimum Gasteiger partial charge on any atom is -0.466 e. The number of hydrogen-bond acceptors (Lipinski definition) is 4. The summed E-state index contributed by atoms with van der Waals surface area (Å²) in [4.78, 5) is 22.3. The molecule has 2 rings (SSSR count). The number of hydrogen-bond donors (Lipinski definition) is 1. The molecule has 1 saturated heterocycles. The lowest BCUT2D eigenvalue weighted by atomic mass is 9.92. The van der Waals surface area contributed by atoms with Gasteiger partial charge >= 0.3 is 12.1 Å². The number of fused-ring (bicyclic) bond motifs is 1. The Labute approximate surface area is 81.1 Å². The van der Waals surface area contributed by atoms with Crippen LogP contribution in [0.5, 0.6) is 0 Å². The first kappa shape index (κ1) is 9.05. The van der Waals surface area contributed by atoms with Gasteiger partial charge in [-0.2, -0.15) is 0 Å². The number of carbonyl (C=O) groups excluding carboxylic acids is 2. The van der Waals surface area contributed by atoms with E-state index in [1.165, 1.54) is 7.11 Å². The summed E-state index contributed by atoms with van der Waals surface area (Å²) in [6, 6.07) is -0.330. The number of rotatable bonds is 1. The third-order valence-corrected chi connectivity index (χ3v) is 2.48. The Morgan fingerprint density at radius 2 is 2.50 bits per heavy atom. The summed E-state index contributed by atoms with van der Waals surface area (Å²) < 4.78 is 9.61. The van der Waals surface area contributed by atoms with Gasteiger partial charge in [0.25, 0.3) is 0 Å². The molecule has 1 aliphatic heterocycles. The van der Waals surface area contributed by atoms with E-state index in [-0.39, 0.29) is 12.1 Å². The number of carbonyl (C=O) groups is 2. The molecule has 5 nitrogen and oxygen atoms in total. The van der Waals surface area contributed by atoms with Crippen LogP contribution >= 0.6 is 0 Å². The average molecular weight is 197 g/mol. The van der Waals surface area contributed by atoms with E-state index in [1.807, 2.05) is 0 Å². The molecule has 0 aromatic rings. The quantitative estimate of drug-likeness (QED) is 0.616. The van der Waals surface area contributed by atoms with Crippen LogP contribution in [0.1, 0.15) is 12.8 Å². The first-order chi connectivity index (χ1) is 6.72. The van der Waals surface area contributed by atoms with Crippen LogP contribution in [-0.2, 0) is 14.3 Å². The van der Waals surface area contributed by atoms with Crippen molar-refractivity contribution >= 4 is 12.1 Å². The Morgan fingerprint density at radius 3 is 3.21 bits per heavy atom. The summed E-state index contributed by atoms with van der Waals surface area (Å²) in [7, 11) is 1.32. The van der Waals surface area contributed by atoms with Crippen LogP contribution in [0.2, 0.25) is 0 Å². The number of alkyl carbamates (subject to hydrolysis) is 1. The van der Waals surface area contributed by atoms with Crippen molar-refractivity contribution in [1.82, 2.24) is 5.32 Å². The smallest absolute Gasteiger partial charge is 0.408 e. The molecule has 2 aliphatic rings. The number of ether oxygens (including phenoxy) is 2. The fourth-order valence-electron chi connectivity index (χ4n) is 1.82. The van der Waals surface area contributed by atoms with E-state index < -0.39 is 12.1 Å². The molecular weight excluding hydrogens is 186 g/mol. The van der Waals surface area contributed by atoms with Gasteiger partial charge in [-0.25, -0.2) is 9.59 Å². The topological polar surface area (TPSA) is 64.6 Å². The van der Waals surface area contributed by atoms with Crippen molar-refractivity contribution in [2.45, 2.75) is 25.0 Å². The predicted molar refractivity (Wildman–Crippen MR) is 46.5 cm³/mol. The van der Waals surface area contributed by atoms with Gasteiger partial charge in [0.2, 0.25) is 0 Å². The van der Waals surface area contributed by atoms with Gasteiger partial charge in [0, 0.05) is 0 Å². The molecule has 0 bridgehead atoms. The van der Waals surface area contributed by atoms with E-state index >= 15 is 0 Å². The molecule has 14 heavy (non-hydrogen) atoms. The SMILES string of the molecule is COC(=O)C1=CCC[C@H]2OC(=O)N[C@@H]12. The maximum absolute atomic E-state index is 11.3.